The van der Waals surface area contributed by atoms with E-state index in [1.54, 1.807) is 6.33 Å². The van der Waals surface area contributed by atoms with Crippen molar-refractivity contribution in [1.82, 2.24) is 14.5 Å². The van der Waals surface area contributed by atoms with Crippen molar-refractivity contribution in [2.75, 3.05) is 19.6 Å². The van der Waals surface area contributed by atoms with Crippen LogP contribution in [0.25, 0.3) is 11.0 Å². The lowest BCUT2D eigenvalue weighted by atomic mass is 10.1. The van der Waals surface area contributed by atoms with Crippen molar-refractivity contribution < 1.29 is 13.2 Å². The van der Waals surface area contributed by atoms with Gasteiger partial charge in [0, 0.05) is 13.1 Å². The Bertz CT molecular complexity index is 738. The lowest BCUT2D eigenvalue weighted by molar-refractivity contribution is -0.137. The van der Waals surface area contributed by atoms with E-state index >= 15 is 0 Å². The average Bonchev–Trinajstić information content (AvgIpc) is 3.18. The standard InChI is InChI=1S/C26H42F3N3/c1-3-5-7-9-11-13-17-31(18-14-12-10-8-6-4-2)19-20-32-22-30-24-16-15-23(21-25(24)32)26(27,28)29/h15-16,21-22H,3-14,17-20H2,1-2H3. The molecule has 32 heavy (non-hydrogen) atoms. The first-order valence-corrected chi connectivity index (χ1v) is 12.7. The molecule has 1 aromatic heterocycles. The Morgan fingerprint density at radius 3 is 1.91 bits per heavy atom. The number of nitrogens with zero attached hydrogens (tertiary/aromatic N) is 3. The van der Waals surface area contributed by atoms with Gasteiger partial charge in [0.05, 0.1) is 22.9 Å². The number of rotatable bonds is 17. The number of hydrogen-bond donors (Lipinski definition) is 0. The number of imidazole rings is 1. The molecule has 0 saturated carbocycles. The summed E-state index contributed by atoms with van der Waals surface area (Å²) in [6.07, 6.45) is 12.6. The van der Waals surface area contributed by atoms with Gasteiger partial charge in [-0.15, -0.1) is 0 Å². The van der Waals surface area contributed by atoms with Crippen LogP contribution in [-0.2, 0) is 12.7 Å². The Balaban J connectivity index is 1.90. The minimum atomic E-state index is -4.33. The lowest BCUT2D eigenvalue weighted by Gasteiger charge is -2.23. The van der Waals surface area contributed by atoms with Gasteiger partial charge >= 0.3 is 6.18 Å². The van der Waals surface area contributed by atoms with Gasteiger partial charge in [0.15, 0.2) is 0 Å². The van der Waals surface area contributed by atoms with Gasteiger partial charge in [0.2, 0.25) is 0 Å². The Kier molecular flexibility index (Phi) is 12.1. The molecule has 0 unspecified atom stereocenters. The zero-order valence-electron chi connectivity index (χ0n) is 20.1. The van der Waals surface area contributed by atoms with Gasteiger partial charge in [-0.2, -0.15) is 13.2 Å². The maximum absolute atomic E-state index is 13.1. The molecular formula is C26H42F3N3. The third kappa shape index (κ3) is 9.51. The van der Waals surface area contributed by atoms with Crippen molar-refractivity contribution in [3.63, 3.8) is 0 Å². The maximum Gasteiger partial charge on any atom is 0.416 e. The van der Waals surface area contributed by atoms with E-state index in [1.807, 2.05) is 4.57 Å². The molecule has 182 valence electrons. The average molecular weight is 454 g/mol. The normalized spacial score (nSPS) is 12.3. The summed E-state index contributed by atoms with van der Waals surface area (Å²) < 4.78 is 41.3. The Hall–Kier alpha value is -1.56. The second-order valence-corrected chi connectivity index (χ2v) is 9.02. The van der Waals surface area contributed by atoms with Crippen LogP contribution in [0, 0.1) is 0 Å². The molecular weight excluding hydrogens is 411 g/mol. The Morgan fingerprint density at radius 1 is 0.781 bits per heavy atom. The van der Waals surface area contributed by atoms with Crippen LogP contribution in [0.1, 0.15) is 96.5 Å². The highest BCUT2D eigenvalue weighted by atomic mass is 19.4. The summed E-state index contributed by atoms with van der Waals surface area (Å²) in [7, 11) is 0. The Labute approximate surface area is 192 Å². The van der Waals surface area contributed by atoms with Gasteiger partial charge < -0.3 is 9.47 Å². The van der Waals surface area contributed by atoms with Crippen molar-refractivity contribution in [2.24, 2.45) is 0 Å². The van der Waals surface area contributed by atoms with Crippen LogP contribution in [0.5, 0.6) is 0 Å². The zero-order chi connectivity index (χ0) is 23.2. The summed E-state index contributed by atoms with van der Waals surface area (Å²) >= 11 is 0. The molecule has 1 aromatic carbocycles. The first kappa shape index (κ1) is 26.7. The predicted octanol–water partition coefficient (Wildman–Crippen LogP) is 8.08. The molecule has 2 rings (SSSR count). The van der Waals surface area contributed by atoms with E-state index in [-0.39, 0.29) is 0 Å². The van der Waals surface area contributed by atoms with Crippen LogP contribution in [0.15, 0.2) is 24.5 Å². The largest absolute Gasteiger partial charge is 0.416 e. The fourth-order valence-corrected chi connectivity index (χ4v) is 4.23. The zero-order valence-corrected chi connectivity index (χ0v) is 20.1. The summed E-state index contributed by atoms with van der Waals surface area (Å²) in [5.41, 5.74) is 0.582. The number of alkyl halides is 3. The SMILES string of the molecule is CCCCCCCCN(CCCCCCCC)CCn1cnc2ccc(C(F)(F)F)cc21. The molecule has 0 radical (unpaired) electrons. The van der Waals surface area contributed by atoms with Crippen molar-refractivity contribution in [3.8, 4) is 0 Å². The van der Waals surface area contributed by atoms with Gasteiger partial charge in [-0.05, 0) is 44.1 Å². The van der Waals surface area contributed by atoms with E-state index < -0.39 is 11.7 Å². The molecule has 0 amide bonds. The van der Waals surface area contributed by atoms with Crippen molar-refractivity contribution >= 4 is 11.0 Å². The molecule has 0 aliphatic rings. The lowest BCUT2D eigenvalue weighted by Crippen LogP contribution is -2.29. The van der Waals surface area contributed by atoms with Gasteiger partial charge in [-0.25, -0.2) is 4.98 Å². The van der Waals surface area contributed by atoms with Gasteiger partial charge in [-0.1, -0.05) is 78.1 Å². The molecule has 3 nitrogen and oxygen atoms in total. The first-order chi connectivity index (χ1) is 15.5. The van der Waals surface area contributed by atoms with Crippen LogP contribution in [0.4, 0.5) is 13.2 Å². The minimum Gasteiger partial charge on any atom is -0.329 e. The van der Waals surface area contributed by atoms with Crippen LogP contribution >= 0.6 is 0 Å². The van der Waals surface area contributed by atoms with E-state index in [0.717, 1.165) is 25.7 Å². The van der Waals surface area contributed by atoms with Gasteiger partial charge in [0.1, 0.15) is 0 Å². The van der Waals surface area contributed by atoms with Crippen molar-refractivity contribution in [2.45, 2.75) is 104 Å². The first-order valence-electron chi connectivity index (χ1n) is 12.7. The third-order valence-corrected chi connectivity index (χ3v) is 6.26. The smallest absolute Gasteiger partial charge is 0.329 e. The van der Waals surface area contributed by atoms with Gasteiger partial charge in [0.25, 0.3) is 0 Å². The minimum absolute atomic E-state index is 0.568. The van der Waals surface area contributed by atoms with Gasteiger partial charge in [-0.3, -0.25) is 0 Å². The van der Waals surface area contributed by atoms with Crippen LogP contribution in [0.3, 0.4) is 0 Å². The number of aromatic nitrogens is 2. The number of unbranched alkanes of at least 4 members (excludes halogenated alkanes) is 10. The highest BCUT2D eigenvalue weighted by Gasteiger charge is 2.30. The fraction of sp³-hybridized carbons (Fsp3) is 0.731. The molecule has 0 aliphatic heterocycles. The molecule has 1 heterocycles. The molecule has 0 fully saturated rings. The third-order valence-electron chi connectivity index (χ3n) is 6.26. The predicted molar refractivity (Wildman–Crippen MR) is 128 cm³/mol. The molecule has 0 atom stereocenters. The van der Waals surface area contributed by atoms with E-state index in [4.69, 9.17) is 0 Å². The number of halogens is 3. The topological polar surface area (TPSA) is 21.1 Å². The van der Waals surface area contributed by atoms with Crippen LogP contribution in [-0.4, -0.2) is 34.1 Å². The molecule has 0 N–H and O–H groups in total. The molecule has 0 aliphatic carbocycles. The second kappa shape index (κ2) is 14.6. The highest BCUT2D eigenvalue weighted by molar-refractivity contribution is 5.76. The molecule has 0 spiro atoms. The molecule has 0 bridgehead atoms. The number of hydrogen-bond acceptors (Lipinski definition) is 2. The maximum atomic E-state index is 13.1. The monoisotopic (exact) mass is 453 g/mol. The summed E-state index contributed by atoms with van der Waals surface area (Å²) in [5.74, 6) is 0. The van der Waals surface area contributed by atoms with Crippen molar-refractivity contribution in [1.29, 1.82) is 0 Å². The Morgan fingerprint density at radius 2 is 1.34 bits per heavy atom. The molecule has 2 aromatic rings. The van der Waals surface area contributed by atoms with Crippen LogP contribution < -0.4 is 0 Å². The molecule has 0 saturated heterocycles. The second-order valence-electron chi connectivity index (χ2n) is 9.02. The quantitative estimate of drug-likeness (QED) is 0.226. The number of benzene rings is 1. The fourth-order valence-electron chi connectivity index (χ4n) is 4.23. The van der Waals surface area contributed by atoms with E-state index in [9.17, 15) is 13.2 Å². The summed E-state index contributed by atoms with van der Waals surface area (Å²) in [5, 5.41) is 0. The van der Waals surface area contributed by atoms with E-state index in [1.165, 1.54) is 89.2 Å². The summed E-state index contributed by atoms with van der Waals surface area (Å²) in [6, 6.07) is 3.82. The van der Waals surface area contributed by atoms with Crippen LogP contribution in [0.2, 0.25) is 0 Å². The number of fused-ring (bicyclic) bond motifs is 1. The van der Waals surface area contributed by atoms with Crippen molar-refractivity contribution in [3.05, 3.63) is 30.1 Å². The molecule has 6 heteroatoms. The summed E-state index contributed by atoms with van der Waals surface area (Å²) in [4.78, 5) is 6.80. The highest BCUT2D eigenvalue weighted by Crippen LogP contribution is 2.31. The van der Waals surface area contributed by atoms with E-state index in [2.05, 4.69) is 23.7 Å². The summed E-state index contributed by atoms with van der Waals surface area (Å²) in [6.45, 7) is 8.14. The van der Waals surface area contributed by atoms with E-state index in [0.29, 0.717) is 17.6 Å².